The van der Waals surface area contributed by atoms with E-state index in [1.54, 1.807) is 19.1 Å². The molecule has 0 bridgehead atoms. The number of hydrogen-bond acceptors (Lipinski definition) is 4. The van der Waals surface area contributed by atoms with E-state index in [4.69, 9.17) is 5.11 Å². The second-order valence-electron chi connectivity index (χ2n) is 5.03. The minimum absolute atomic E-state index is 0.164. The van der Waals surface area contributed by atoms with Gasteiger partial charge in [-0.2, -0.15) is 4.31 Å². The fourth-order valence-corrected chi connectivity index (χ4v) is 4.47. The minimum Gasteiger partial charge on any atom is -0.395 e. The van der Waals surface area contributed by atoms with E-state index in [9.17, 15) is 13.5 Å². The molecule has 0 spiro atoms. The van der Waals surface area contributed by atoms with Gasteiger partial charge in [0.05, 0.1) is 11.5 Å². The van der Waals surface area contributed by atoms with Crippen molar-refractivity contribution in [2.24, 2.45) is 0 Å². The second kappa shape index (κ2) is 6.58. The molecule has 1 aliphatic rings. The molecule has 1 heterocycles. The van der Waals surface area contributed by atoms with E-state index in [1.165, 1.54) is 10.4 Å². The van der Waals surface area contributed by atoms with Crippen molar-refractivity contribution in [2.45, 2.75) is 30.7 Å². The molecule has 2 N–H and O–H groups in total. The molecule has 114 valence electrons. The monoisotopic (exact) mass is 309 g/mol. The molecule has 0 amide bonds. The number of aliphatic hydroxyl groups is 2. The molecule has 1 unspecified atom stereocenters. The van der Waals surface area contributed by atoms with Crippen LogP contribution in [0.4, 0.5) is 0 Å². The van der Waals surface area contributed by atoms with Crippen LogP contribution in [0, 0.1) is 18.8 Å². The van der Waals surface area contributed by atoms with Crippen LogP contribution in [0.25, 0.3) is 0 Å². The number of benzene rings is 1. The zero-order valence-corrected chi connectivity index (χ0v) is 12.7. The molecule has 5 nitrogen and oxygen atoms in total. The normalized spacial score (nSPS) is 19.3. The van der Waals surface area contributed by atoms with Crippen LogP contribution in [0.5, 0.6) is 0 Å². The van der Waals surface area contributed by atoms with Crippen molar-refractivity contribution in [2.75, 3.05) is 19.8 Å². The van der Waals surface area contributed by atoms with Gasteiger partial charge in [0.2, 0.25) is 10.0 Å². The third-order valence-corrected chi connectivity index (χ3v) is 5.71. The Morgan fingerprint density at radius 1 is 1.38 bits per heavy atom. The number of nitrogens with zero attached hydrogens (tertiary/aromatic N) is 1. The molecule has 1 atom stereocenters. The van der Waals surface area contributed by atoms with E-state index in [1.807, 2.05) is 0 Å². The van der Waals surface area contributed by atoms with Crippen molar-refractivity contribution >= 4 is 10.0 Å². The van der Waals surface area contributed by atoms with Gasteiger partial charge < -0.3 is 10.2 Å². The van der Waals surface area contributed by atoms with Crippen LogP contribution in [0.2, 0.25) is 0 Å². The van der Waals surface area contributed by atoms with Crippen molar-refractivity contribution in [3.63, 3.8) is 0 Å². The first-order valence-electron chi connectivity index (χ1n) is 6.83. The van der Waals surface area contributed by atoms with Crippen molar-refractivity contribution in [1.82, 2.24) is 4.31 Å². The molecule has 6 heteroatoms. The van der Waals surface area contributed by atoms with Crippen LogP contribution >= 0.6 is 0 Å². The summed E-state index contributed by atoms with van der Waals surface area (Å²) >= 11 is 0. The highest BCUT2D eigenvalue weighted by atomic mass is 32.2. The van der Waals surface area contributed by atoms with E-state index in [0.717, 1.165) is 6.42 Å². The Kier molecular flexibility index (Phi) is 5.01. The maximum absolute atomic E-state index is 12.8. The summed E-state index contributed by atoms with van der Waals surface area (Å²) in [5.74, 6) is 5.23. The highest BCUT2D eigenvalue weighted by Crippen LogP contribution is 2.28. The van der Waals surface area contributed by atoms with E-state index in [2.05, 4.69) is 11.8 Å². The van der Waals surface area contributed by atoms with E-state index < -0.39 is 10.0 Å². The number of aliphatic hydroxyl groups excluding tert-OH is 2. The van der Waals surface area contributed by atoms with Crippen LogP contribution < -0.4 is 0 Å². The molecule has 0 radical (unpaired) electrons. The molecule has 1 fully saturated rings. The highest BCUT2D eigenvalue weighted by molar-refractivity contribution is 7.89. The summed E-state index contributed by atoms with van der Waals surface area (Å²) in [6, 6.07) is 4.62. The molecule has 0 aliphatic carbocycles. The maximum Gasteiger partial charge on any atom is 0.243 e. The standard InChI is InChI=1S/C15H19NO4S/c1-12-6-7-13(4-3-9-17)10-15(12)21(19,20)16-8-2-5-14(16)11-18/h6-7,10,14,17-18H,2,5,8-9,11H2,1H3. The third-order valence-electron chi connectivity index (χ3n) is 3.62. The number of hydrogen-bond donors (Lipinski definition) is 2. The van der Waals surface area contributed by atoms with Crippen LogP contribution in [0.1, 0.15) is 24.0 Å². The average Bonchev–Trinajstić information content (AvgIpc) is 2.95. The molecule has 1 saturated heterocycles. The summed E-state index contributed by atoms with van der Waals surface area (Å²) in [6.07, 6.45) is 1.44. The molecule has 2 rings (SSSR count). The lowest BCUT2D eigenvalue weighted by molar-refractivity contribution is 0.213. The number of sulfonamides is 1. The summed E-state index contributed by atoms with van der Waals surface area (Å²) < 4.78 is 26.9. The second-order valence-corrected chi connectivity index (χ2v) is 6.89. The zero-order chi connectivity index (χ0) is 15.5. The van der Waals surface area contributed by atoms with Gasteiger partial charge >= 0.3 is 0 Å². The Labute approximate surface area is 125 Å². The van der Waals surface area contributed by atoms with Gasteiger partial charge in [0.15, 0.2) is 0 Å². The topological polar surface area (TPSA) is 77.8 Å². The highest BCUT2D eigenvalue weighted by Gasteiger charge is 2.35. The van der Waals surface area contributed by atoms with Crippen LogP contribution in [0.15, 0.2) is 23.1 Å². The van der Waals surface area contributed by atoms with E-state index in [-0.39, 0.29) is 24.2 Å². The van der Waals surface area contributed by atoms with Crippen molar-refractivity contribution in [3.8, 4) is 11.8 Å². The van der Waals surface area contributed by atoms with Gasteiger partial charge in [-0.3, -0.25) is 0 Å². The van der Waals surface area contributed by atoms with Gasteiger partial charge in [0.1, 0.15) is 6.61 Å². The Morgan fingerprint density at radius 2 is 2.14 bits per heavy atom. The van der Waals surface area contributed by atoms with E-state index >= 15 is 0 Å². The van der Waals surface area contributed by atoms with Gasteiger partial charge in [-0.15, -0.1) is 0 Å². The molecule has 0 saturated carbocycles. The van der Waals surface area contributed by atoms with Crippen molar-refractivity contribution in [3.05, 3.63) is 29.3 Å². The Balaban J connectivity index is 2.44. The minimum atomic E-state index is -3.64. The van der Waals surface area contributed by atoms with E-state index in [0.29, 0.717) is 24.1 Å². The van der Waals surface area contributed by atoms with Gasteiger partial charge in [-0.05, 0) is 37.5 Å². The molecule has 21 heavy (non-hydrogen) atoms. The Morgan fingerprint density at radius 3 is 2.81 bits per heavy atom. The van der Waals surface area contributed by atoms with Crippen LogP contribution in [0.3, 0.4) is 0 Å². The summed E-state index contributed by atoms with van der Waals surface area (Å²) in [7, 11) is -3.64. The first-order chi connectivity index (χ1) is 10.0. The molecular weight excluding hydrogens is 290 g/mol. The quantitative estimate of drug-likeness (QED) is 0.796. The molecule has 0 aromatic heterocycles. The fourth-order valence-electron chi connectivity index (χ4n) is 2.53. The fraction of sp³-hybridized carbons (Fsp3) is 0.467. The third kappa shape index (κ3) is 3.27. The van der Waals surface area contributed by atoms with Gasteiger partial charge in [0, 0.05) is 18.2 Å². The largest absolute Gasteiger partial charge is 0.395 e. The molecular formula is C15H19NO4S. The van der Waals surface area contributed by atoms with Gasteiger partial charge in [-0.1, -0.05) is 17.9 Å². The summed E-state index contributed by atoms with van der Waals surface area (Å²) in [5, 5.41) is 18.1. The predicted molar refractivity (Wildman–Crippen MR) is 79.1 cm³/mol. The van der Waals surface area contributed by atoms with Crippen molar-refractivity contribution < 1.29 is 18.6 Å². The average molecular weight is 309 g/mol. The van der Waals surface area contributed by atoms with Crippen molar-refractivity contribution in [1.29, 1.82) is 0 Å². The first kappa shape index (κ1) is 16.0. The Bertz CT molecular complexity index is 673. The SMILES string of the molecule is Cc1ccc(C#CCO)cc1S(=O)(=O)N1CCCC1CO. The molecule has 1 aromatic carbocycles. The molecule has 1 aromatic rings. The number of rotatable bonds is 3. The lowest BCUT2D eigenvalue weighted by atomic mass is 10.1. The van der Waals surface area contributed by atoms with Gasteiger partial charge in [-0.25, -0.2) is 8.42 Å². The predicted octanol–water partition coefficient (Wildman–Crippen LogP) is 0.484. The van der Waals surface area contributed by atoms with Gasteiger partial charge in [0.25, 0.3) is 0 Å². The number of aryl methyl sites for hydroxylation is 1. The summed E-state index contributed by atoms with van der Waals surface area (Å²) in [6.45, 7) is 1.73. The molecule has 1 aliphatic heterocycles. The zero-order valence-electron chi connectivity index (χ0n) is 11.9. The first-order valence-corrected chi connectivity index (χ1v) is 8.28. The lowest BCUT2D eigenvalue weighted by Crippen LogP contribution is -2.37. The Hall–Kier alpha value is -1.39. The smallest absolute Gasteiger partial charge is 0.243 e. The summed E-state index contributed by atoms with van der Waals surface area (Å²) in [4.78, 5) is 0.215. The maximum atomic E-state index is 12.8. The van der Waals surface area contributed by atoms with Crippen LogP contribution in [-0.2, 0) is 10.0 Å². The lowest BCUT2D eigenvalue weighted by Gasteiger charge is -2.23. The summed E-state index contributed by atoms with van der Waals surface area (Å²) in [5.41, 5.74) is 1.20. The van der Waals surface area contributed by atoms with Crippen LogP contribution in [-0.4, -0.2) is 48.7 Å².